The molecule has 1 aromatic rings. The fourth-order valence-electron chi connectivity index (χ4n) is 0.655. The fraction of sp³-hybridized carbons (Fsp3) is 0.500. The first-order chi connectivity index (χ1) is 4.75. The summed E-state index contributed by atoms with van der Waals surface area (Å²) in [5.41, 5.74) is 0.648. The standard InChI is InChI=1S/C6H9NO3/c1-4-5(6(8)9-2)10-3-7-4/h3,6,8H,1-2H3. The van der Waals surface area contributed by atoms with Crippen molar-refractivity contribution < 1.29 is 14.3 Å². The van der Waals surface area contributed by atoms with E-state index >= 15 is 0 Å². The Morgan fingerprint density at radius 2 is 2.50 bits per heavy atom. The second-order valence-electron chi connectivity index (χ2n) is 1.89. The molecule has 1 aromatic heterocycles. The van der Waals surface area contributed by atoms with Crippen LogP contribution in [-0.4, -0.2) is 17.2 Å². The maximum Gasteiger partial charge on any atom is 0.216 e. The van der Waals surface area contributed by atoms with Crippen LogP contribution in [0.5, 0.6) is 0 Å². The Morgan fingerprint density at radius 3 is 2.90 bits per heavy atom. The molecule has 4 heteroatoms. The Labute approximate surface area is 58.4 Å². The van der Waals surface area contributed by atoms with Crippen LogP contribution in [0.2, 0.25) is 0 Å². The van der Waals surface area contributed by atoms with Gasteiger partial charge in [0.15, 0.2) is 12.2 Å². The van der Waals surface area contributed by atoms with Crippen LogP contribution in [0.1, 0.15) is 17.7 Å². The average molecular weight is 143 g/mol. The molecule has 0 fully saturated rings. The first-order valence-corrected chi connectivity index (χ1v) is 2.86. The molecule has 0 saturated carbocycles. The van der Waals surface area contributed by atoms with Gasteiger partial charge in [0.25, 0.3) is 0 Å². The number of hydrogen-bond donors (Lipinski definition) is 1. The zero-order valence-corrected chi connectivity index (χ0v) is 5.87. The molecular formula is C6H9NO3. The molecule has 0 spiro atoms. The van der Waals surface area contributed by atoms with Gasteiger partial charge in [-0.15, -0.1) is 0 Å². The lowest BCUT2D eigenvalue weighted by molar-refractivity contribution is -0.0907. The third kappa shape index (κ3) is 1.17. The summed E-state index contributed by atoms with van der Waals surface area (Å²) in [5.74, 6) is 0.363. The van der Waals surface area contributed by atoms with Gasteiger partial charge in [0.05, 0.1) is 5.69 Å². The third-order valence-corrected chi connectivity index (χ3v) is 1.23. The summed E-state index contributed by atoms with van der Waals surface area (Å²) in [5, 5.41) is 9.04. The second-order valence-corrected chi connectivity index (χ2v) is 1.89. The molecule has 0 aliphatic carbocycles. The number of nitrogens with zero attached hydrogens (tertiary/aromatic N) is 1. The maximum absolute atomic E-state index is 9.04. The molecule has 0 aliphatic rings. The van der Waals surface area contributed by atoms with Crippen molar-refractivity contribution >= 4 is 0 Å². The number of oxazole rings is 1. The molecule has 0 aromatic carbocycles. The smallest absolute Gasteiger partial charge is 0.216 e. The Balaban J connectivity index is 2.82. The molecule has 0 saturated heterocycles. The van der Waals surface area contributed by atoms with Crippen molar-refractivity contribution in [3.63, 3.8) is 0 Å². The summed E-state index contributed by atoms with van der Waals surface area (Å²) in [6.45, 7) is 1.74. The molecule has 0 radical (unpaired) electrons. The Bertz CT molecular complexity index is 209. The van der Waals surface area contributed by atoms with Crippen LogP contribution in [0.15, 0.2) is 10.8 Å². The van der Waals surface area contributed by atoms with Crippen molar-refractivity contribution in [2.75, 3.05) is 7.11 Å². The topological polar surface area (TPSA) is 55.5 Å². The monoisotopic (exact) mass is 143 g/mol. The number of hydrogen-bond acceptors (Lipinski definition) is 4. The van der Waals surface area contributed by atoms with Crippen molar-refractivity contribution in [2.24, 2.45) is 0 Å². The first kappa shape index (κ1) is 7.24. The van der Waals surface area contributed by atoms with E-state index in [1.54, 1.807) is 6.92 Å². The average Bonchev–Trinajstić information content (AvgIpc) is 2.34. The number of rotatable bonds is 2. The van der Waals surface area contributed by atoms with Gasteiger partial charge in [-0.1, -0.05) is 0 Å². The summed E-state index contributed by atoms with van der Waals surface area (Å²) in [4.78, 5) is 3.78. The highest BCUT2D eigenvalue weighted by molar-refractivity contribution is 5.05. The first-order valence-electron chi connectivity index (χ1n) is 2.86. The third-order valence-electron chi connectivity index (χ3n) is 1.23. The molecule has 1 unspecified atom stereocenters. The molecule has 0 aliphatic heterocycles. The van der Waals surface area contributed by atoms with E-state index in [-0.39, 0.29) is 0 Å². The minimum atomic E-state index is -0.998. The van der Waals surface area contributed by atoms with Gasteiger partial charge in [0, 0.05) is 7.11 Å². The lowest BCUT2D eigenvalue weighted by atomic mass is 10.4. The maximum atomic E-state index is 9.04. The van der Waals surface area contributed by atoms with E-state index < -0.39 is 6.29 Å². The number of ether oxygens (including phenoxy) is 1. The molecule has 4 nitrogen and oxygen atoms in total. The zero-order valence-electron chi connectivity index (χ0n) is 5.87. The van der Waals surface area contributed by atoms with E-state index in [0.29, 0.717) is 11.5 Å². The van der Waals surface area contributed by atoms with Crippen LogP contribution in [0.25, 0.3) is 0 Å². The van der Waals surface area contributed by atoms with E-state index in [4.69, 9.17) is 9.52 Å². The molecule has 1 N–H and O–H groups in total. The van der Waals surface area contributed by atoms with Crippen molar-refractivity contribution in [1.82, 2.24) is 4.98 Å². The molecule has 56 valence electrons. The van der Waals surface area contributed by atoms with Gasteiger partial charge in [-0.25, -0.2) is 4.98 Å². The second kappa shape index (κ2) is 2.81. The summed E-state index contributed by atoms with van der Waals surface area (Å²) >= 11 is 0. The van der Waals surface area contributed by atoms with Gasteiger partial charge < -0.3 is 14.3 Å². The van der Waals surface area contributed by atoms with E-state index in [2.05, 4.69) is 9.72 Å². The predicted octanol–water partition coefficient (Wildman–Crippen LogP) is 0.620. The molecule has 0 amide bonds. The lowest BCUT2D eigenvalue weighted by Gasteiger charge is -2.03. The van der Waals surface area contributed by atoms with Crippen LogP contribution in [0.3, 0.4) is 0 Å². The number of aryl methyl sites for hydroxylation is 1. The predicted molar refractivity (Wildman–Crippen MR) is 33.2 cm³/mol. The number of methoxy groups -OCH3 is 1. The highest BCUT2D eigenvalue weighted by Crippen LogP contribution is 2.15. The minimum Gasteiger partial charge on any atom is -0.443 e. The van der Waals surface area contributed by atoms with Gasteiger partial charge in [0.2, 0.25) is 6.29 Å². The van der Waals surface area contributed by atoms with Gasteiger partial charge in [-0.05, 0) is 6.92 Å². The summed E-state index contributed by atoms with van der Waals surface area (Å²) < 4.78 is 9.43. The zero-order chi connectivity index (χ0) is 7.56. The highest BCUT2D eigenvalue weighted by Gasteiger charge is 2.12. The number of aliphatic hydroxyl groups excluding tert-OH is 1. The van der Waals surface area contributed by atoms with Crippen LogP contribution in [0, 0.1) is 6.92 Å². The fourth-order valence-corrected chi connectivity index (χ4v) is 0.655. The van der Waals surface area contributed by atoms with Crippen LogP contribution in [-0.2, 0) is 4.74 Å². The quantitative estimate of drug-likeness (QED) is 0.616. The molecular weight excluding hydrogens is 134 g/mol. The van der Waals surface area contributed by atoms with Gasteiger partial charge in [-0.3, -0.25) is 0 Å². The van der Waals surface area contributed by atoms with Gasteiger partial charge in [-0.2, -0.15) is 0 Å². The van der Waals surface area contributed by atoms with E-state index in [9.17, 15) is 0 Å². The molecule has 0 bridgehead atoms. The van der Waals surface area contributed by atoms with Crippen molar-refractivity contribution in [2.45, 2.75) is 13.2 Å². The summed E-state index contributed by atoms with van der Waals surface area (Å²) in [6.07, 6.45) is 0.273. The lowest BCUT2D eigenvalue weighted by Crippen LogP contribution is -1.99. The van der Waals surface area contributed by atoms with Crippen molar-refractivity contribution in [3.8, 4) is 0 Å². The largest absolute Gasteiger partial charge is 0.443 e. The van der Waals surface area contributed by atoms with E-state index in [1.165, 1.54) is 13.5 Å². The van der Waals surface area contributed by atoms with E-state index in [1.807, 2.05) is 0 Å². The Hall–Kier alpha value is -0.870. The van der Waals surface area contributed by atoms with Crippen LogP contribution >= 0.6 is 0 Å². The molecule has 1 rings (SSSR count). The Kier molecular flexibility index (Phi) is 2.03. The summed E-state index contributed by atoms with van der Waals surface area (Å²) in [6, 6.07) is 0. The molecule has 1 atom stereocenters. The highest BCUT2D eigenvalue weighted by atomic mass is 16.6. The molecule has 1 heterocycles. The summed E-state index contributed by atoms with van der Waals surface area (Å²) in [7, 11) is 1.40. The normalized spacial score (nSPS) is 13.5. The SMILES string of the molecule is COC(O)c1ocnc1C. The number of aromatic nitrogens is 1. The number of aliphatic hydroxyl groups is 1. The van der Waals surface area contributed by atoms with Gasteiger partial charge in [0.1, 0.15) is 0 Å². The van der Waals surface area contributed by atoms with Crippen LogP contribution in [0.4, 0.5) is 0 Å². The van der Waals surface area contributed by atoms with Gasteiger partial charge >= 0.3 is 0 Å². The van der Waals surface area contributed by atoms with Crippen molar-refractivity contribution in [3.05, 3.63) is 17.8 Å². The molecule has 10 heavy (non-hydrogen) atoms. The minimum absolute atomic E-state index is 0.363. The van der Waals surface area contributed by atoms with E-state index in [0.717, 1.165) is 0 Å². The van der Waals surface area contributed by atoms with Crippen LogP contribution < -0.4 is 0 Å². The van der Waals surface area contributed by atoms with Crippen molar-refractivity contribution in [1.29, 1.82) is 0 Å². The Morgan fingerprint density at radius 1 is 1.80 bits per heavy atom.